The highest BCUT2D eigenvalue weighted by Crippen LogP contribution is 2.24. The van der Waals surface area contributed by atoms with Gasteiger partial charge in [0.25, 0.3) is 5.91 Å². The molecule has 1 saturated carbocycles. The molecule has 0 radical (unpaired) electrons. The van der Waals surface area contributed by atoms with Crippen molar-refractivity contribution in [1.29, 1.82) is 0 Å². The predicted molar refractivity (Wildman–Crippen MR) is 75.4 cm³/mol. The van der Waals surface area contributed by atoms with E-state index in [2.05, 4.69) is 5.32 Å². The molecule has 1 aliphatic rings. The molecule has 2 rings (SSSR count). The topological polar surface area (TPSA) is 75.3 Å². The smallest absolute Gasteiger partial charge is 0.251 e. The Hall–Kier alpha value is -1.26. The molecule has 0 bridgehead atoms. The van der Waals surface area contributed by atoms with Crippen molar-refractivity contribution >= 4 is 17.5 Å². The van der Waals surface area contributed by atoms with Gasteiger partial charge >= 0.3 is 0 Å². The van der Waals surface area contributed by atoms with Gasteiger partial charge in [0.05, 0.1) is 5.02 Å². The number of hydrogen-bond donors (Lipinski definition) is 3. The molecule has 0 aromatic heterocycles. The molecule has 0 heterocycles. The number of phenolic OH excluding ortho intramolecular Hbond substituents is 1. The van der Waals surface area contributed by atoms with Crippen LogP contribution in [-0.2, 0) is 0 Å². The first-order valence-corrected chi connectivity index (χ1v) is 7.00. The quantitative estimate of drug-likeness (QED) is 0.729. The van der Waals surface area contributed by atoms with Crippen LogP contribution in [-0.4, -0.2) is 23.1 Å². The predicted octanol–water partition coefficient (Wildman–Crippen LogP) is 2.44. The van der Waals surface area contributed by atoms with Crippen molar-refractivity contribution in [2.75, 3.05) is 0 Å². The standard InChI is InChI=1S/C14H19ClN2O2/c15-10-8-9(6-7-13(10)18)14(19)17-12-5-3-1-2-4-11(12)16/h6-8,11-12,18H,1-5,16H2,(H,17,19). The normalized spacial score (nSPS) is 23.7. The van der Waals surface area contributed by atoms with Crippen LogP contribution in [0, 0.1) is 0 Å². The number of halogens is 1. The van der Waals surface area contributed by atoms with Gasteiger partial charge in [0.1, 0.15) is 5.75 Å². The number of benzene rings is 1. The van der Waals surface area contributed by atoms with Gasteiger partial charge in [-0.15, -0.1) is 0 Å². The van der Waals surface area contributed by atoms with Gasteiger partial charge in [-0.25, -0.2) is 0 Å². The highest BCUT2D eigenvalue weighted by molar-refractivity contribution is 6.32. The number of aromatic hydroxyl groups is 1. The van der Waals surface area contributed by atoms with E-state index >= 15 is 0 Å². The van der Waals surface area contributed by atoms with E-state index in [0.717, 1.165) is 25.7 Å². The molecule has 0 aliphatic heterocycles. The van der Waals surface area contributed by atoms with Crippen LogP contribution in [0.5, 0.6) is 5.75 Å². The summed E-state index contributed by atoms with van der Waals surface area (Å²) in [5.74, 6) is -0.214. The van der Waals surface area contributed by atoms with Crippen LogP contribution in [0.1, 0.15) is 42.5 Å². The molecule has 1 amide bonds. The summed E-state index contributed by atoms with van der Waals surface area (Å²) < 4.78 is 0. The lowest BCUT2D eigenvalue weighted by molar-refractivity contribution is 0.0929. The van der Waals surface area contributed by atoms with Crippen LogP contribution < -0.4 is 11.1 Å². The van der Waals surface area contributed by atoms with Crippen LogP contribution in [0.25, 0.3) is 0 Å². The number of rotatable bonds is 2. The van der Waals surface area contributed by atoms with E-state index in [1.807, 2.05) is 0 Å². The fraction of sp³-hybridized carbons (Fsp3) is 0.500. The second-order valence-corrected chi connectivity index (χ2v) is 5.46. The van der Waals surface area contributed by atoms with Gasteiger partial charge in [-0.1, -0.05) is 30.9 Å². The third kappa shape index (κ3) is 3.61. The van der Waals surface area contributed by atoms with E-state index in [1.54, 1.807) is 6.07 Å². The third-order valence-corrected chi connectivity index (χ3v) is 3.90. The molecule has 5 heteroatoms. The van der Waals surface area contributed by atoms with Crippen LogP contribution in [0.15, 0.2) is 18.2 Å². The Morgan fingerprint density at radius 1 is 1.32 bits per heavy atom. The molecule has 2 unspecified atom stereocenters. The van der Waals surface area contributed by atoms with E-state index in [0.29, 0.717) is 5.56 Å². The molecular formula is C14H19ClN2O2. The summed E-state index contributed by atoms with van der Waals surface area (Å²) in [4.78, 5) is 12.1. The maximum absolute atomic E-state index is 12.1. The van der Waals surface area contributed by atoms with Gasteiger partial charge in [0.15, 0.2) is 0 Å². The van der Waals surface area contributed by atoms with Gasteiger partial charge < -0.3 is 16.2 Å². The second-order valence-electron chi connectivity index (χ2n) is 5.05. The Kier molecular flexibility index (Phi) is 4.66. The molecule has 104 valence electrons. The maximum atomic E-state index is 12.1. The Labute approximate surface area is 117 Å². The largest absolute Gasteiger partial charge is 0.506 e. The highest BCUT2D eigenvalue weighted by atomic mass is 35.5. The zero-order valence-electron chi connectivity index (χ0n) is 10.7. The SMILES string of the molecule is NC1CCCCCC1NC(=O)c1ccc(O)c(Cl)c1. The van der Waals surface area contributed by atoms with Crippen molar-refractivity contribution in [3.8, 4) is 5.75 Å². The third-order valence-electron chi connectivity index (χ3n) is 3.60. The first kappa shape index (κ1) is 14.2. The number of phenols is 1. The van der Waals surface area contributed by atoms with Gasteiger partial charge in [-0.2, -0.15) is 0 Å². The number of carbonyl (C=O) groups is 1. The minimum Gasteiger partial charge on any atom is -0.506 e. The fourth-order valence-electron chi connectivity index (χ4n) is 2.42. The first-order valence-electron chi connectivity index (χ1n) is 6.63. The Balaban J connectivity index is 2.05. The molecule has 0 spiro atoms. The average molecular weight is 283 g/mol. The van der Waals surface area contributed by atoms with Crippen molar-refractivity contribution in [3.05, 3.63) is 28.8 Å². The van der Waals surface area contributed by atoms with Gasteiger partial charge in [0, 0.05) is 17.6 Å². The molecule has 1 aromatic carbocycles. The Morgan fingerprint density at radius 2 is 2.05 bits per heavy atom. The summed E-state index contributed by atoms with van der Waals surface area (Å²) in [6.07, 6.45) is 5.25. The summed E-state index contributed by atoms with van der Waals surface area (Å²) in [6.45, 7) is 0. The van der Waals surface area contributed by atoms with Crippen molar-refractivity contribution in [1.82, 2.24) is 5.32 Å². The minimum absolute atomic E-state index is 0.0130. The minimum atomic E-state index is -0.191. The second kappa shape index (κ2) is 6.26. The number of nitrogens with two attached hydrogens (primary N) is 1. The van der Waals surface area contributed by atoms with Crippen molar-refractivity contribution in [2.24, 2.45) is 5.73 Å². The lowest BCUT2D eigenvalue weighted by Gasteiger charge is -2.22. The van der Waals surface area contributed by atoms with Gasteiger partial charge in [0.2, 0.25) is 0 Å². The lowest BCUT2D eigenvalue weighted by atomic mass is 10.0. The fourth-order valence-corrected chi connectivity index (χ4v) is 2.60. The molecule has 4 N–H and O–H groups in total. The van der Waals surface area contributed by atoms with Crippen molar-refractivity contribution in [2.45, 2.75) is 44.2 Å². The maximum Gasteiger partial charge on any atom is 0.251 e. The lowest BCUT2D eigenvalue weighted by Crippen LogP contribution is -2.46. The van der Waals surface area contributed by atoms with Crippen LogP contribution >= 0.6 is 11.6 Å². The molecule has 4 nitrogen and oxygen atoms in total. The van der Waals surface area contributed by atoms with Crippen LogP contribution in [0.2, 0.25) is 5.02 Å². The highest BCUT2D eigenvalue weighted by Gasteiger charge is 2.22. The van der Waals surface area contributed by atoms with Crippen molar-refractivity contribution in [3.63, 3.8) is 0 Å². The zero-order chi connectivity index (χ0) is 13.8. The molecule has 2 atom stereocenters. The molecule has 19 heavy (non-hydrogen) atoms. The zero-order valence-corrected chi connectivity index (χ0v) is 11.5. The Bertz CT molecular complexity index is 465. The molecule has 0 saturated heterocycles. The monoisotopic (exact) mass is 282 g/mol. The molecule has 1 aromatic rings. The first-order chi connectivity index (χ1) is 9.08. The van der Waals surface area contributed by atoms with E-state index < -0.39 is 0 Å². The number of hydrogen-bond acceptors (Lipinski definition) is 3. The molecule has 1 aliphatic carbocycles. The number of carbonyl (C=O) groups excluding carboxylic acids is 1. The summed E-state index contributed by atoms with van der Waals surface area (Å²) in [5.41, 5.74) is 6.52. The summed E-state index contributed by atoms with van der Waals surface area (Å²) in [5, 5.41) is 12.5. The van der Waals surface area contributed by atoms with Crippen LogP contribution in [0.4, 0.5) is 0 Å². The summed E-state index contributed by atoms with van der Waals surface area (Å²) in [6, 6.07) is 4.47. The van der Waals surface area contributed by atoms with E-state index in [9.17, 15) is 9.90 Å². The van der Waals surface area contributed by atoms with E-state index in [-0.39, 0.29) is 28.8 Å². The van der Waals surface area contributed by atoms with E-state index in [4.69, 9.17) is 17.3 Å². The van der Waals surface area contributed by atoms with Gasteiger partial charge in [-0.05, 0) is 31.0 Å². The van der Waals surface area contributed by atoms with Crippen molar-refractivity contribution < 1.29 is 9.90 Å². The number of nitrogens with one attached hydrogen (secondary N) is 1. The number of amides is 1. The summed E-state index contributed by atoms with van der Waals surface area (Å²) >= 11 is 5.80. The summed E-state index contributed by atoms with van der Waals surface area (Å²) in [7, 11) is 0. The van der Waals surface area contributed by atoms with E-state index in [1.165, 1.54) is 18.6 Å². The molecule has 1 fully saturated rings. The molecular weight excluding hydrogens is 264 g/mol. The average Bonchev–Trinajstić information content (AvgIpc) is 2.58. The van der Waals surface area contributed by atoms with Crippen LogP contribution in [0.3, 0.4) is 0 Å². The van der Waals surface area contributed by atoms with Gasteiger partial charge in [-0.3, -0.25) is 4.79 Å². The Morgan fingerprint density at radius 3 is 2.79 bits per heavy atom.